The zero-order valence-corrected chi connectivity index (χ0v) is 11.0. The van der Waals surface area contributed by atoms with Crippen LogP contribution in [0.2, 0.25) is 0 Å². The third-order valence-electron chi connectivity index (χ3n) is 4.77. The van der Waals surface area contributed by atoms with E-state index in [9.17, 15) is 0 Å². The molecule has 1 saturated heterocycles. The van der Waals surface area contributed by atoms with Crippen LogP contribution < -0.4 is 10.6 Å². The Morgan fingerprint density at radius 1 is 1.12 bits per heavy atom. The Bertz CT molecular complexity index is 199. The van der Waals surface area contributed by atoms with Gasteiger partial charge in [0.25, 0.3) is 0 Å². The van der Waals surface area contributed by atoms with Crippen molar-refractivity contribution in [3.05, 3.63) is 0 Å². The van der Waals surface area contributed by atoms with Crippen LogP contribution in [-0.2, 0) is 0 Å². The van der Waals surface area contributed by atoms with E-state index in [0.29, 0.717) is 0 Å². The summed E-state index contributed by atoms with van der Waals surface area (Å²) in [5, 5.41) is 7.33. The minimum atomic E-state index is 0.783. The molecule has 0 amide bonds. The summed E-state index contributed by atoms with van der Waals surface area (Å²) in [6, 6.07) is 0.783. The van der Waals surface area contributed by atoms with Crippen LogP contribution in [0.1, 0.15) is 46.0 Å². The predicted octanol–water partition coefficient (Wildman–Crippen LogP) is 2.40. The molecule has 0 aromatic carbocycles. The lowest BCUT2D eigenvalue weighted by Crippen LogP contribution is -2.45. The maximum atomic E-state index is 3.83. The topological polar surface area (TPSA) is 24.1 Å². The van der Waals surface area contributed by atoms with Gasteiger partial charge in [0.2, 0.25) is 0 Å². The van der Waals surface area contributed by atoms with E-state index in [2.05, 4.69) is 24.5 Å². The minimum Gasteiger partial charge on any atom is -0.316 e. The van der Waals surface area contributed by atoms with Gasteiger partial charge in [-0.25, -0.2) is 0 Å². The highest BCUT2D eigenvalue weighted by Gasteiger charge is 2.27. The van der Waals surface area contributed by atoms with Crippen LogP contribution in [-0.4, -0.2) is 25.7 Å². The van der Waals surface area contributed by atoms with E-state index < -0.39 is 0 Å². The highest BCUT2D eigenvalue weighted by molar-refractivity contribution is 4.83. The molecule has 2 heteroatoms. The summed E-state index contributed by atoms with van der Waals surface area (Å²) in [5.41, 5.74) is 0. The van der Waals surface area contributed by atoms with Crippen LogP contribution in [0.15, 0.2) is 0 Å². The van der Waals surface area contributed by atoms with Gasteiger partial charge in [-0.05, 0) is 56.7 Å². The summed E-state index contributed by atoms with van der Waals surface area (Å²) in [7, 11) is 0. The first-order valence-corrected chi connectivity index (χ1v) is 7.21. The number of hydrogen-bond donors (Lipinski definition) is 2. The molecule has 16 heavy (non-hydrogen) atoms. The average Bonchev–Trinajstić information content (AvgIpc) is 2.32. The van der Waals surface area contributed by atoms with Crippen LogP contribution in [0.25, 0.3) is 0 Å². The molecule has 4 unspecified atom stereocenters. The molecule has 2 nitrogen and oxygen atoms in total. The first kappa shape index (κ1) is 12.4. The fraction of sp³-hybridized carbons (Fsp3) is 1.00. The number of nitrogens with one attached hydrogen (secondary N) is 2. The van der Waals surface area contributed by atoms with Gasteiger partial charge in [0, 0.05) is 6.04 Å². The molecule has 0 bridgehead atoms. The van der Waals surface area contributed by atoms with E-state index in [0.717, 1.165) is 23.8 Å². The summed E-state index contributed by atoms with van der Waals surface area (Å²) in [6.45, 7) is 8.53. The van der Waals surface area contributed by atoms with Gasteiger partial charge < -0.3 is 10.6 Å². The van der Waals surface area contributed by atoms with E-state index in [1.165, 1.54) is 51.7 Å². The highest BCUT2D eigenvalue weighted by atomic mass is 14.9. The van der Waals surface area contributed by atoms with Crippen molar-refractivity contribution in [2.45, 2.75) is 52.0 Å². The van der Waals surface area contributed by atoms with Gasteiger partial charge in [0.15, 0.2) is 0 Å². The molecule has 94 valence electrons. The molecule has 0 spiro atoms. The van der Waals surface area contributed by atoms with Gasteiger partial charge in [-0.3, -0.25) is 0 Å². The Balaban J connectivity index is 1.71. The van der Waals surface area contributed by atoms with Crippen LogP contribution >= 0.6 is 0 Å². The standard InChI is InChI=1S/C14H28N2/c1-11-5-3-7-14(12(11)2)16-10-13-6-4-8-15-9-13/h11-16H,3-10H2,1-2H3. The Labute approximate surface area is 101 Å². The third-order valence-corrected chi connectivity index (χ3v) is 4.77. The highest BCUT2D eigenvalue weighted by Crippen LogP contribution is 2.29. The van der Waals surface area contributed by atoms with E-state index in [1.807, 2.05) is 0 Å². The van der Waals surface area contributed by atoms with Gasteiger partial charge in [0.05, 0.1) is 0 Å². The molecule has 1 saturated carbocycles. The largest absolute Gasteiger partial charge is 0.316 e. The lowest BCUT2D eigenvalue weighted by Gasteiger charge is -2.36. The predicted molar refractivity (Wildman–Crippen MR) is 69.6 cm³/mol. The van der Waals surface area contributed by atoms with Crippen molar-refractivity contribution in [2.24, 2.45) is 17.8 Å². The number of hydrogen-bond acceptors (Lipinski definition) is 2. The van der Waals surface area contributed by atoms with Crippen LogP contribution in [0, 0.1) is 17.8 Å². The molecule has 4 atom stereocenters. The maximum absolute atomic E-state index is 3.83. The summed E-state index contributed by atoms with van der Waals surface area (Å²) in [6.07, 6.45) is 7.03. The smallest absolute Gasteiger partial charge is 0.00953 e. The van der Waals surface area contributed by atoms with Gasteiger partial charge in [-0.2, -0.15) is 0 Å². The van der Waals surface area contributed by atoms with Gasteiger partial charge >= 0.3 is 0 Å². The van der Waals surface area contributed by atoms with Crippen molar-refractivity contribution in [1.29, 1.82) is 0 Å². The second kappa shape index (κ2) is 6.02. The zero-order valence-electron chi connectivity index (χ0n) is 11.0. The molecule has 0 radical (unpaired) electrons. The maximum Gasteiger partial charge on any atom is 0.00953 e. The summed E-state index contributed by atoms with van der Waals surface area (Å²) in [5.74, 6) is 2.65. The molecular weight excluding hydrogens is 196 g/mol. The van der Waals surface area contributed by atoms with Crippen molar-refractivity contribution in [3.8, 4) is 0 Å². The summed E-state index contributed by atoms with van der Waals surface area (Å²) >= 11 is 0. The molecule has 2 aliphatic rings. The molecule has 1 heterocycles. The van der Waals surface area contributed by atoms with Crippen LogP contribution in [0.5, 0.6) is 0 Å². The quantitative estimate of drug-likeness (QED) is 0.769. The van der Waals surface area contributed by atoms with Crippen molar-refractivity contribution in [1.82, 2.24) is 10.6 Å². The Hall–Kier alpha value is -0.0800. The second-order valence-electron chi connectivity index (χ2n) is 5.99. The third kappa shape index (κ3) is 3.21. The molecule has 2 N–H and O–H groups in total. The summed E-state index contributed by atoms with van der Waals surface area (Å²) < 4.78 is 0. The van der Waals surface area contributed by atoms with Crippen LogP contribution in [0.3, 0.4) is 0 Å². The lowest BCUT2D eigenvalue weighted by atomic mass is 9.78. The molecule has 2 fully saturated rings. The first-order valence-electron chi connectivity index (χ1n) is 7.21. The number of piperidine rings is 1. The van der Waals surface area contributed by atoms with E-state index in [1.54, 1.807) is 0 Å². The van der Waals surface area contributed by atoms with Crippen molar-refractivity contribution in [2.75, 3.05) is 19.6 Å². The molecule has 0 aromatic heterocycles. The normalized spacial score (nSPS) is 40.9. The van der Waals surface area contributed by atoms with Gasteiger partial charge in [-0.1, -0.05) is 26.7 Å². The fourth-order valence-corrected chi connectivity index (χ4v) is 3.29. The van der Waals surface area contributed by atoms with Crippen molar-refractivity contribution < 1.29 is 0 Å². The summed E-state index contributed by atoms with van der Waals surface area (Å²) in [4.78, 5) is 0. The van der Waals surface area contributed by atoms with Gasteiger partial charge in [-0.15, -0.1) is 0 Å². The second-order valence-corrected chi connectivity index (χ2v) is 5.99. The van der Waals surface area contributed by atoms with Crippen LogP contribution in [0.4, 0.5) is 0 Å². The Kier molecular flexibility index (Phi) is 4.66. The average molecular weight is 224 g/mol. The van der Waals surface area contributed by atoms with E-state index in [4.69, 9.17) is 0 Å². The molecule has 0 aromatic rings. The Morgan fingerprint density at radius 2 is 2.00 bits per heavy atom. The van der Waals surface area contributed by atoms with E-state index >= 15 is 0 Å². The molecule has 1 aliphatic heterocycles. The number of rotatable bonds is 3. The molecule has 1 aliphatic carbocycles. The van der Waals surface area contributed by atoms with Crippen molar-refractivity contribution >= 4 is 0 Å². The zero-order chi connectivity index (χ0) is 11.4. The molecule has 2 rings (SSSR count). The molecular formula is C14H28N2. The Morgan fingerprint density at radius 3 is 2.75 bits per heavy atom. The van der Waals surface area contributed by atoms with Crippen molar-refractivity contribution in [3.63, 3.8) is 0 Å². The monoisotopic (exact) mass is 224 g/mol. The van der Waals surface area contributed by atoms with E-state index in [-0.39, 0.29) is 0 Å². The van der Waals surface area contributed by atoms with Gasteiger partial charge in [0.1, 0.15) is 0 Å². The first-order chi connectivity index (χ1) is 7.77. The fourth-order valence-electron chi connectivity index (χ4n) is 3.29. The lowest BCUT2D eigenvalue weighted by molar-refractivity contribution is 0.196. The minimum absolute atomic E-state index is 0.783. The SMILES string of the molecule is CC1CCCC(NCC2CCCNC2)C1C.